The molecular weight excluding hydrogens is 870 g/mol. The van der Waals surface area contributed by atoms with E-state index in [1.165, 1.54) is 5.56 Å². The number of aromatic hydroxyl groups is 1. The number of hydrogen-bond acceptors (Lipinski definition) is 4. The summed E-state index contributed by atoms with van der Waals surface area (Å²) in [4.78, 5) is 10.3. The van der Waals surface area contributed by atoms with Gasteiger partial charge in [0.2, 0.25) is 0 Å². The molecule has 6 heteroatoms. The Hall–Kier alpha value is -5.77. The summed E-state index contributed by atoms with van der Waals surface area (Å²) in [5.41, 5.74) is 13.0. The molecule has 0 bridgehead atoms. The predicted molar refractivity (Wildman–Crippen MR) is 226 cm³/mol. The monoisotopic (exact) mass is 911 g/mol. The van der Waals surface area contributed by atoms with E-state index in [1.54, 1.807) is 6.07 Å². The van der Waals surface area contributed by atoms with Crippen molar-refractivity contribution in [3.63, 3.8) is 0 Å². The van der Waals surface area contributed by atoms with Crippen molar-refractivity contribution < 1.29 is 30.6 Å². The van der Waals surface area contributed by atoms with Crippen LogP contribution in [0.3, 0.4) is 0 Å². The summed E-state index contributed by atoms with van der Waals surface area (Å²) in [6.07, 6.45) is 1.82. The molecule has 0 aliphatic rings. The average Bonchev–Trinajstić information content (AvgIpc) is 3.76. The van der Waals surface area contributed by atoms with Crippen molar-refractivity contribution in [3.8, 4) is 56.3 Å². The number of pyridine rings is 1. The molecule has 0 atom stereocenters. The fourth-order valence-electron chi connectivity index (χ4n) is 7.51. The first-order valence-electron chi connectivity index (χ1n) is 18.8. The van der Waals surface area contributed by atoms with Gasteiger partial charge in [-0.05, 0) is 58.4 Å². The Bertz CT molecular complexity index is 2910. The summed E-state index contributed by atoms with van der Waals surface area (Å²) in [5.74, 6) is 0.831. The van der Waals surface area contributed by atoms with Crippen LogP contribution in [-0.2, 0) is 31.9 Å². The first kappa shape index (κ1) is 37.2. The van der Waals surface area contributed by atoms with Crippen LogP contribution in [0.1, 0.15) is 52.7 Å². The molecule has 0 fully saturated rings. The van der Waals surface area contributed by atoms with E-state index in [1.807, 2.05) is 48.7 Å². The van der Waals surface area contributed by atoms with Gasteiger partial charge in [-0.2, -0.15) is 0 Å². The van der Waals surface area contributed by atoms with Gasteiger partial charge in [-0.25, -0.2) is 4.98 Å². The zero-order valence-electron chi connectivity index (χ0n) is 32.3. The van der Waals surface area contributed by atoms with Gasteiger partial charge < -0.3 is 9.52 Å². The molecule has 0 unspecified atom stereocenters. The minimum absolute atomic E-state index is 0. The Morgan fingerprint density at radius 2 is 1.30 bits per heavy atom. The topological polar surface area (TPSA) is 64.1 Å². The molecule has 0 aliphatic heterocycles. The summed E-state index contributed by atoms with van der Waals surface area (Å²) in [6.45, 7) is 13.4. The summed E-state index contributed by atoms with van der Waals surface area (Å²) in [6, 6.07) is 49.4. The Balaban J connectivity index is 0.00000441. The van der Waals surface area contributed by atoms with Crippen LogP contribution in [0.4, 0.5) is 0 Å². The van der Waals surface area contributed by atoms with Gasteiger partial charge in [0.1, 0.15) is 17.2 Å². The fraction of sp³-hybridized carbons (Fsp3) is 0.160. The van der Waals surface area contributed by atoms with E-state index >= 15 is 0 Å². The molecule has 0 amide bonds. The molecule has 0 spiro atoms. The maximum atomic E-state index is 11.3. The fourth-order valence-corrected chi connectivity index (χ4v) is 7.51. The van der Waals surface area contributed by atoms with Crippen LogP contribution in [0.15, 0.2) is 144 Å². The summed E-state index contributed by atoms with van der Waals surface area (Å²) < 4.78 is 8.32. The Labute approximate surface area is 342 Å². The van der Waals surface area contributed by atoms with Crippen LogP contribution in [0, 0.1) is 6.07 Å². The van der Waals surface area contributed by atoms with Crippen molar-refractivity contribution in [1.29, 1.82) is 0 Å². The molecule has 280 valence electrons. The molecule has 5 nitrogen and oxygen atoms in total. The van der Waals surface area contributed by atoms with Gasteiger partial charge in [-0.15, -0.1) is 29.3 Å². The van der Waals surface area contributed by atoms with Crippen LogP contribution >= 0.6 is 0 Å². The number of aromatic nitrogens is 3. The molecular formula is C50H42N3O2Pt-. The van der Waals surface area contributed by atoms with Gasteiger partial charge in [0.25, 0.3) is 0 Å². The van der Waals surface area contributed by atoms with Crippen LogP contribution in [0.25, 0.3) is 83.6 Å². The number of para-hydroxylation sites is 3. The number of nitrogens with zero attached hydrogens (tertiary/aromatic N) is 3. The molecule has 0 radical (unpaired) electrons. The van der Waals surface area contributed by atoms with E-state index in [-0.39, 0.29) is 37.6 Å². The van der Waals surface area contributed by atoms with E-state index in [9.17, 15) is 5.11 Å². The van der Waals surface area contributed by atoms with Crippen molar-refractivity contribution in [1.82, 2.24) is 14.5 Å². The second-order valence-electron chi connectivity index (χ2n) is 16.4. The molecule has 1 N–H and O–H groups in total. The molecule has 56 heavy (non-hydrogen) atoms. The van der Waals surface area contributed by atoms with E-state index in [0.29, 0.717) is 11.4 Å². The summed E-state index contributed by atoms with van der Waals surface area (Å²) in [7, 11) is 0. The standard InChI is InChI=1S/C50H42N3O2.Pt/c1-49(2,3)34-23-24-42(39(28-34)31-15-8-7-9-16-31)53-43-20-14-19-36(47(43)52-48(53)38-18-10-12-21-44(38)54)32-25-33(27-35(26-32)50(4,5)6)41-29-40-37-17-11-13-22-45(37)55-46(40)30-51-41;/h7-24,26-30,54H,1-6H3;/q-1;. The third-order valence-electron chi connectivity index (χ3n) is 10.6. The summed E-state index contributed by atoms with van der Waals surface area (Å²) in [5, 5.41) is 13.4. The molecule has 0 saturated heterocycles. The van der Waals surface area contributed by atoms with E-state index in [4.69, 9.17) is 14.4 Å². The molecule has 6 aromatic carbocycles. The number of imidazole rings is 1. The van der Waals surface area contributed by atoms with Gasteiger partial charge in [0.15, 0.2) is 5.58 Å². The van der Waals surface area contributed by atoms with Gasteiger partial charge in [-0.3, -0.25) is 9.55 Å². The third kappa shape index (κ3) is 6.54. The number of rotatable bonds is 5. The molecule has 9 rings (SSSR count). The SMILES string of the molecule is CC(C)(C)c1cc(-c2cc3c(cn2)oc2ccccc23)[c-]c(-c2cccc3c2nc(-c2ccccc2O)n3-c2ccc(C(C)(C)C)cc2-c2ccccc2)c1.[Pt]. The van der Waals surface area contributed by atoms with Crippen molar-refractivity contribution in [3.05, 3.63) is 157 Å². The number of fused-ring (bicyclic) bond motifs is 4. The maximum absolute atomic E-state index is 11.3. The van der Waals surface area contributed by atoms with Gasteiger partial charge >= 0.3 is 0 Å². The molecule has 3 aromatic heterocycles. The normalized spacial score (nSPS) is 12.0. The third-order valence-corrected chi connectivity index (χ3v) is 10.6. The molecule has 0 aliphatic carbocycles. The first-order chi connectivity index (χ1) is 26.4. The van der Waals surface area contributed by atoms with Crippen molar-refractivity contribution in [2.75, 3.05) is 0 Å². The van der Waals surface area contributed by atoms with Crippen molar-refractivity contribution in [2.45, 2.75) is 52.4 Å². The second kappa shape index (κ2) is 14.1. The van der Waals surface area contributed by atoms with Crippen LogP contribution in [0.5, 0.6) is 5.75 Å². The van der Waals surface area contributed by atoms with Crippen molar-refractivity contribution in [2.24, 2.45) is 0 Å². The Kier molecular flexibility index (Phi) is 9.33. The van der Waals surface area contributed by atoms with E-state index < -0.39 is 0 Å². The number of benzene rings is 6. The maximum Gasteiger partial charge on any atom is 0.152 e. The zero-order valence-corrected chi connectivity index (χ0v) is 34.6. The number of phenols is 1. The average molecular weight is 912 g/mol. The molecule has 9 aromatic rings. The summed E-state index contributed by atoms with van der Waals surface area (Å²) >= 11 is 0. The van der Waals surface area contributed by atoms with Crippen molar-refractivity contribution >= 4 is 33.0 Å². The van der Waals surface area contributed by atoms with Gasteiger partial charge in [0.05, 0.1) is 28.5 Å². The number of hydrogen-bond donors (Lipinski definition) is 1. The quantitative estimate of drug-likeness (QED) is 0.175. The Morgan fingerprint density at radius 1 is 0.607 bits per heavy atom. The van der Waals surface area contributed by atoms with Crippen LogP contribution < -0.4 is 0 Å². The minimum atomic E-state index is -0.154. The number of furan rings is 1. The minimum Gasteiger partial charge on any atom is -0.507 e. The zero-order chi connectivity index (χ0) is 38.1. The number of phenolic OH excluding ortho intramolecular Hbond substituents is 1. The second-order valence-corrected chi connectivity index (χ2v) is 16.4. The predicted octanol–water partition coefficient (Wildman–Crippen LogP) is 13.1. The van der Waals surface area contributed by atoms with Crippen LogP contribution in [0.2, 0.25) is 0 Å². The molecule has 3 heterocycles. The van der Waals surface area contributed by atoms with Gasteiger partial charge in [0, 0.05) is 43.1 Å². The van der Waals surface area contributed by atoms with Gasteiger partial charge in [-0.1, -0.05) is 138 Å². The Morgan fingerprint density at radius 3 is 2.07 bits per heavy atom. The smallest absolute Gasteiger partial charge is 0.152 e. The van der Waals surface area contributed by atoms with E-state index in [0.717, 1.165) is 77.7 Å². The van der Waals surface area contributed by atoms with Crippen LogP contribution in [-0.4, -0.2) is 19.6 Å². The van der Waals surface area contributed by atoms with E-state index in [2.05, 4.69) is 137 Å². The first-order valence-corrected chi connectivity index (χ1v) is 18.8. The largest absolute Gasteiger partial charge is 0.507 e. The molecule has 0 saturated carbocycles.